The first-order chi connectivity index (χ1) is 22.3. The van der Waals surface area contributed by atoms with Gasteiger partial charge in [-0.3, -0.25) is 33.9 Å². The molecule has 7 atom stereocenters. The maximum absolute atomic E-state index is 13.8. The van der Waals surface area contributed by atoms with Crippen LogP contribution in [0, 0.1) is 5.92 Å². The van der Waals surface area contributed by atoms with Crippen LogP contribution in [-0.4, -0.2) is 130 Å². The van der Waals surface area contributed by atoms with Gasteiger partial charge in [-0.15, -0.1) is 0 Å². The van der Waals surface area contributed by atoms with Crippen LogP contribution in [0.2, 0.25) is 0 Å². The van der Waals surface area contributed by atoms with Crippen molar-refractivity contribution >= 4 is 35.6 Å². The molecule has 3 rings (SSSR count). The third-order valence-electron chi connectivity index (χ3n) is 8.09. The summed E-state index contributed by atoms with van der Waals surface area (Å²) in [6, 6.07) is 2.67. The second-order valence-electron chi connectivity index (χ2n) is 11.9. The van der Waals surface area contributed by atoms with Gasteiger partial charge in [-0.2, -0.15) is 0 Å². The lowest BCUT2D eigenvalue weighted by Gasteiger charge is -2.39. The Bertz CT molecular complexity index is 1280. The first-order valence-electron chi connectivity index (χ1n) is 15.4. The SMILES string of the molecule is COCC(=O)NC(C(=O)N1NCCCC1C(=O)NC(Cc1ccccc1)C(O)C(O)C(=O)NC1CCN(C(N)=O)C1=O)C(O)C(C)C. The van der Waals surface area contributed by atoms with Crippen molar-refractivity contribution in [1.82, 2.24) is 31.3 Å². The monoisotopic (exact) mass is 663 g/mol. The molecule has 2 heterocycles. The number of nitrogens with one attached hydrogen (secondary N) is 4. The summed E-state index contributed by atoms with van der Waals surface area (Å²) in [5.74, 6) is -4.47. The maximum atomic E-state index is 13.8. The number of carbonyl (C=O) groups excluding carboxylic acids is 6. The highest BCUT2D eigenvalue weighted by Crippen LogP contribution is 2.18. The topological polar surface area (TPSA) is 253 Å². The number of hydrogen-bond acceptors (Lipinski definition) is 11. The molecule has 2 fully saturated rings. The predicted molar refractivity (Wildman–Crippen MR) is 164 cm³/mol. The predicted octanol–water partition coefficient (Wildman–Crippen LogP) is -3.12. The van der Waals surface area contributed by atoms with Crippen molar-refractivity contribution < 1.29 is 48.8 Å². The molecular formula is C30H45N7O10. The molecule has 260 valence electrons. The number of aliphatic hydroxyl groups excluding tert-OH is 3. The Morgan fingerprint density at radius 3 is 2.32 bits per heavy atom. The number of hydrazine groups is 1. The Balaban J connectivity index is 1.81. The molecule has 2 aliphatic heterocycles. The van der Waals surface area contributed by atoms with E-state index in [1.54, 1.807) is 44.2 Å². The molecule has 0 radical (unpaired) electrons. The van der Waals surface area contributed by atoms with Gasteiger partial charge in [0, 0.05) is 20.2 Å². The summed E-state index contributed by atoms with van der Waals surface area (Å²) >= 11 is 0. The average Bonchev–Trinajstić information content (AvgIpc) is 3.41. The van der Waals surface area contributed by atoms with Crippen LogP contribution in [0.1, 0.15) is 38.7 Å². The lowest BCUT2D eigenvalue weighted by Crippen LogP contribution is -2.66. The maximum Gasteiger partial charge on any atom is 0.321 e. The number of nitrogens with two attached hydrogens (primary N) is 1. The molecule has 47 heavy (non-hydrogen) atoms. The lowest BCUT2D eigenvalue weighted by atomic mass is 9.95. The van der Waals surface area contributed by atoms with Crippen molar-refractivity contribution in [3.63, 3.8) is 0 Å². The summed E-state index contributed by atoms with van der Waals surface area (Å²) in [4.78, 5) is 77.4. The molecule has 1 aromatic rings. The van der Waals surface area contributed by atoms with Crippen molar-refractivity contribution in [2.75, 3.05) is 26.8 Å². The summed E-state index contributed by atoms with van der Waals surface area (Å²) in [6.07, 6.45) is -4.62. The van der Waals surface area contributed by atoms with Gasteiger partial charge >= 0.3 is 6.03 Å². The van der Waals surface area contributed by atoms with Gasteiger partial charge in [0.1, 0.15) is 30.8 Å². The Hall–Kier alpha value is -4.16. The second-order valence-corrected chi connectivity index (χ2v) is 11.9. The van der Waals surface area contributed by atoms with Crippen LogP contribution >= 0.6 is 0 Å². The first-order valence-corrected chi connectivity index (χ1v) is 15.4. The number of ether oxygens (including phenoxy) is 1. The molecule has 0 saturated carbocycles. The van der Waals surface area contributed by atoms with E-state index in [0.717, 1.165) is 9.91 Å². The van der Waals surface area contributed by atoms with Crippen LogP contribution in [0.15, 0.2) is 30.3 Å². The quantitative estimate of drug-likeness (QED) is 0.0988. The Kier molecular flexibility index (Phi) is 13.6. The smallest absolute Gasteiger partial charge is 0.321 e. The zero-order chi connectivity index (χ0) is 34.8. The van der Waals surface area contributed by atoms with E-state index in [1.165, 1.54) is 7.11 Å². The molecule has 0 bridgehead atoms. The number of hydrogen-bond donors (Lipinski definition) is 8. The minimum absolute atomic E-state index is 0.0276. The fourth-order valence-corrected chi connectivity index (χ4v) is 5.46. The Labute approximate surface area is 272 Å². The number of nitrogens with zero attached hydrogens (tertiary/aromatic N) is 2. The van der Waals surface area contributed by atoms with E-state index in [0.29, 0.717) is 18.5 Å². The summed E-state index contributed by atoms with van der Waals surface area (Å²) in [7, 11) is 1.30. The third-order valence-corrected chi connectivity index (χ3v) is 8.09. The van der Waals surface area contributed by atoms with E-state index in [2.05, 4.69) is 21.4 Å². The number of carbonyl (C=O) groups is 6. The van der Waals surface area contributed by atoms with Gasteiger partial charge in [-0.05, 0) is 37.2 Å². The molecule has 17 nitrogen and oxygen atoms in total. The summed E-state index contributed by atoms with van der Waals surface area (Å²) in [6.45, 7) is 3.25. The first kappa shape index (κ1) is 37.3. The number of primary amides is 1. The van der Waals surface area contributed by atoms with Crippen molar-refractivity contribution in [1.29, 1.82) is 0 Å². The van der Waals surface area contributed by atoms with E-state index in [-0.39, 0.29) is 32.4 Å². The van der Waals surface area contributed by atoms with Crippen LogP contribution in [0.4, 0.5) is 4.79 Å². The van der Waals surface area contributed by atoms with Gasteiger partial charge in [0.15, 0.2) is 6.10 Å². The van der Waals surface area contributed by atoms with Crippen LogP contribution in [0.25, 0.3) is 0 Å². The van der Waals surface area contributed by atoms with Gasteiger partial charge in [-0.25, -0.2) is 10.2 Å². The van der Waals surface area contributed by atoms with E-state index in [4.69, 9.17) is 10.5 Å². The normalized spacial score (nSPS) is 21.4. The molecule has 17 heteroatoms. The molecule has 9 N–H and O–H groups in total. The highest BCUT2D eigenvalue weighted by Gasteiger charge is 2.43. The fourth-order valence-electron chi connectivity index (χ4n) is 5.46. The molecule has 0 aliphatic carbocycles. The second kappa shape index (κ2) is 17.1. The van der Waals surface area contributed by atoms with E-state index >= 15 is 0 Å². The number of imide groups is 1. The van der Waals surface area contributed by atoms with Crippen LogP contribution < -0.4 is 27.1 Å². The number of aliphatic hydroxyl groups is 3. The summed E-state index contributed by atoms with van der Waals surface area (Å²) < 4.78 is 4.83. The van der Waals surface area contributed by atoms with Crippen molar-refractivity contribution in [3.05, 3.63) is 35.9 Å². The van der Waals surface area contributed by atoms with Gasteiger partial charge in [0.2, 0.25) is 11.8 Å². The number of amides is 7. The zero-order valence-corrected chi connectivity index (χ0v) is 26.6. The molecule has 7 amide bonds. The van der Waals surface area contributed by atoms with Crippen molar-refractivity contribution in [3.8, 4) is 0 Å². The van der Waals surface area contributed by atoms with Gasteiger partial charge in [0.05, 0.1) is 12.1 Å². The standard InChI is InChI=1S/C30H45N7O10/c1-16(2)23(39)22(35-21(38)15-47-3)29(45)37-20(10-7-12-32-37)26(42)34-19(14-17-8-5-4-6-9-17)24(40)25(41)27(43)33-18-11-13-36(28(18)44)30(31)46/h4-6,8-9,16,18-20,22-25,32,39-41H,7,10-15H2,1-3H3,(H2,31,46)(H,33,43)(H,34,42)(H,35,38). The van der Waals surface area contributed by atoms with Gasteiger partial charge < -0.3 is 41.7 Å². The third kappa shape index (κ3) is 9.68. The Morgan fingerprint density at radius 2 is 1.72 bits per heavy atom. The fraction of sp³-hybridized carbons (Fsp3) is 0.600. The van der Waals surface area contributed by atoms with Gasteiger partial charge in [-0.1, -0.05) is 44.2 Å². The number of methoxy groups -OCH3 is 1. The van der Waals surface area contributed by atoms with E-state index in [1.807, 2.05) is 0 Å². The molecule has 1 aromatic carbocycles. The van der Waals surface area contributed by atoms with Gasteiger partial charge in [0.25, 0.3) is 17.7 Å². The number of rotatable bonds is 14. The summed E-state index contributed by atoms with van der Waals surface area (Å²) in [5, 5.41) is 41.3. The number of urea groups is 1. The largest absolute Gasteiger partial charge is 0.390 e. The highest BCUT2D eigenvalue weighted by atomic mass is 16.5. The minimum Gasteiger partial charge on any atom is -0.390 e. The van der Waals surface area contributed by atoms with E-state index < -0.39 is 84.0 Å². The van der Waals surface area contributed by atoms with Crippen molar-refractivity contribution in [2.24, 2.45) is 11.7 Å². The molecule has 0 aromatic heterocycles. The van der Waals surface area contributed by atoms with Crippen LogP contribution in [-0.2, 0) is 35.1 Å². The lowest BCUT2D eigenvalue weighted by molar-refractivity contribution is -0.153. The molecule has 2 aliphatic rings. The zero-order valence-electron chi connectivity index (χ0n) is 26.6. The highest BCUT2D eigenvalue weighted by molar-refractivity contribution is 6.00. The van der Waals surface area contributed by atoms with Crippen LogP contribution in [0.5, 0.6) is 0 Å². The number of likely N-dealkylation sites (tertiary alicyclic amines) is 1. The minimum atomic E-state index is -2.11. The van der Waals surface area contributed by atoms with Crippen LogP contribution in [0.3, 0.4) is 0 Å². The number of benzene rings is 1. The molecule has 7 unspecified atom stereocenters. The average molecular weight is 664 g/mol. The molecule has 2 saturated heterocycles. The molecule has 0 spiro atoms. The summed E-state index contributed by atoms with van der Waals surface area (Å²) in [5.41, 5.74) is 8.68. The molecular weight excluding hydrogens is 618 g/mol. The Morgan fingerprint density at radius 1 is 1.04 bits per heavy atom. The van der Waals surface area contributed by atoms with E-state index in [9.17, 15) is 44.1 Å². The van der Waals surface area contributed by atoms with Crippen molar-refractivity contribution in [2.45, 2.75) is 82.0 Å².